The summed E-state index contributed by atoms with van der Waals surface area (Å²) in [5.74, 6) is -0.796. The summed E-state index contributed by atoms with van der Waals surface area (Å²) in [6, 6.07) is 21.7. The lowest BCUT2D eigenvalue weighted by atomic mass is 9.94. The van der Waals surface area contributed by atoms with Gasteiger partial charge in [-0.3, -0.25) is 9.59 Å². The fourth-order valence-corrected chi connectivity index (χ4v) is 5.21. The Labute approximate surface area is 210 Å². The van der Waals surface area contributed by atoms with Gasteiger partial charge in [0, 0.05) is 35.0 Å². The van der Waals surface area contributed by atoms with E-state index in [1.165, 1.54) is 11.1 Å². The zero-order valence-electron chi connectivity index (χ0n) is 19.1. The predicted molar refractivity (Wildman–Crippen MR) is 138 cm³/mol. The lowest BCUT2D eigenvalue weighted by Crippen LogP contribution is -2.39. The van der Waals surface area contributed by atoms with E-state index >= 15 is 0 Å². The van der Waals surface area contributed by atoms with Crippen LogP contribution in [0.2, 0.25) is 10.0 Å². The first-order valence-corrected chi connectivity index (χ1v) is 12.3. The molecule has 1 saturated carbocycles. The van der Waals surface area contributed by atoms with E-state index in [-0.39, 0.29) is 23.7 Å². The van der Waals surface area contributed by atoms with Crippen LogP contribution in [0, 0.1) is 18.8 Å². The molecule has 0 bridgehead atoms. The summed E-state index contributed by atoms with van der Waals surface area (Å²) in [6.07, 6.45) is 2.30. The van der Waals surface area contributed by atoms with Gasteiger partial charge in [-0.1, -0.05) is 78.2 Å². The topological polar surface area (TPSA) is 58.2 Å². The molecule has 3 aromatic carbocycles. The number of nitrogens with one attached hydrogen (secondary N) is 2. The molecule has 3 aromatic rings. The zero-order valence-corrected chi connectivity index (χ0v) is 20.6. The molecule has 0 saturated heterocycles. The third-order valence-corrected chi connectivity index (χ3v) is 6.89. The number of rotatable bonds is 7. The average molecular weight is 495 g/mol. The SMILES string of the molecule is Cc1ccccc1-c1ccc(CNC(=O)[C@@H]2CCCC2C(=O)NCc2cc(Cl)cc(Cl)c2)cc1. The van der Waals surface area contributed by atoms with Crippen molar-refractivity contribution in [3.05, 3.63) is 93.5 Å². The molecular weight excluding hydrogens is 467 g/mol. The number of amides is 2. The molecule has 1 unspecified atom stereocenters. The number of carbonyl (C=O) groups is 2. The summed E-state index contributed by atoms with van der Waals surface area (Å²) in [5, 5.41) is 7.03. The number of benzene rings is 3. The summed E-state index contributed by atoms with van der Waals surface area (Å²) in [6.45, 7) is 2.87. The summed E-state index contributed by atoms with van der Waals surface area (Å²) in [7, 11) is 0. The number of aryl methyl sites for hydroxylation is 1. The van der Waals surface area contributed by atoms with Crippen LogP contribution in [0.25, 0.3) is 11.1 Å². The minimum atomic E-state index is -0.321. The maximum atomic E-state index is 12.9. The van der Waals surface area contributed by atoms with Crippen LogP contribution in [0.15, 0.2) is 66.7 Å². The van der Waals surface area contributed by atoms with Crippen molar-refractivity contribution in [3.63, 3.8) is 0 Å². The molecule has 0 radical (unpaired) electrons. The number of halogens is 2. The smallest absolute Gasteiger partial charge is 0.224 e. The molecule has 2 amide bonds. The molecular formula is C28H28Cl2N2O2. The van der Waals surface area contributed by atoms with Gasteiger partial charge in [-0.25, -0.2) is 0 Å². The van der Waals surface area contributed by atoms with Crippen LogP contribution in [0.5, 0.6) is 0 Å². The molecule has 0 heterocycles. The summed E-state index contributed by atoms with van der Waals surface area (Å²) >= 11 is 12.1. The second kappa shape index (κ2) is 11.1. The van der Waals surface area contributed by atoms with Crippen LogP contribution in [0.3, 0.4) is 0 Å². The Kier molecular flexibility index (Phi) is 7.91. The molecule has 0 aromatic heterocycles. The Hall–Kier alpha value is -2.82. The molecule has 2 atom stereocenters. The van der Waals surface area contributed by atoms with Crippen LogP contribution < -0.4 is 10.6 Å². The Morgan fingerprint density at radius 1 is 0.794 bits per heavy atom. The van der Waals surface area contributed by atoms with Gasteiger partial charge in [0.05, 0.1) is 0 Å². The molecule has 1 fully saturated rings. The van der Waals surface area contributed by atoms with Crippen molar-refractivity contribution in [2.24, 2.45) is 11.8 Å². The van der Waals surface area contributed by atoms with Gasteiger partial charge in [0.2, 0.25) is 11.8 Å². The Morgan fingerprint density at radius 2 is 1.35 bits per heavy atom. The normalized spacial score (nSPS) is 17.4. The average Bonchev–Trinajstić information content (AvgIpc) is 3.31. The Balaban J connectivity index is 1.31. The highest BCUT2D eigenvalue weighted by atomic mass is 35.5. The van der Waals surface area contributed by atoms with Gasteiger partial charge in [0.15, 0.2) is 0 Å². The molecule has 2 N–H and O–H groups in total. The van der Waals surface area contributed by atoms with Gasteiger partial charge in [-0.05, 0) is 65.8 Å². The van der Waals surface area contributed by atoms with Crippen molar-refractivity contribution in [2.45, 2.75) is 39.3 Å². The van der Waals surface area contributed by atoms with Crippen LogP contribution in [-0.4, -0.2) is 11.8 Å². The fraction of sp³-hybridized carbons (Fsp3) is 0.286. The number of carbonyl (C=O) groups excluding carboxylic acids is 2. The third kappa shape index (κ3) is 5.99. The van der Waals surface area contributed by atoms with Gasteiger partial charge in [0.25, 0.3) is 0 Å². The fourth-order valence-electron chi connectivity index (χ4n) is 4.64. The highest BCUT2D eigenvalue weighted by Gasteiger charge is 2.37. The second-order valence-corrected chi connectivity index (χ2v) is 9.74. The van der Waals surface area contributed by atoms with Crippen LogP contribution in [-0.2, 0) is 22.7 Å². The molecule has 176 valence electrons. The Bertz CT molecular complexity index is 1160. The second-order valence-electron chi connectivity index (χ2n) is 8.87. The van der Waals surface area contributed by atoms with E-state index in [0.717, 1.165) is 29.5 Å². The van der Waals surface area contributed by atoms with Crippen molar-refractivity contribution >= 4 is 35.0 Å². The molecule has 1 aliphatic carbocycles. The minimum absolute atomic E-state index is 0.0635. The third-order valence-electron chi connectivity index (χ3n) is 6.46. The zero-order chi connectivity index (χ0) is 24.1. The standard InChI is InChI=1S/C28H28Cl2N2O2/c1-18-5-2-3-6-24(18)21-11-9-19(10-12-21)16-31-27(33)25-7-4-8-26(25)28(34)32-17-20-13-22(29)15-23(30)14-20/h2-3,5-6,9-15,25-26H,4,7-8,16-17H2,1H3,(H,31,33)(H,32,34)/t25-,26?/m1/s1. The maximum Gasteiger partial charge on any atom is 0.224 e. The summed E-state index contributed by atoms with van der Waals surface area (Å²) in [5.41, 5.74) is 5.45. The van der Waals surface area contributed by atoms with E-state index in [4.69, 9.17) is 23.2 Å². The molecule has 4 rings (SSSR count). The first-order chi connectivity index (χ1) is 16.4. The van der Waals surface area contributed by atoms with Gasteiger partial charge in [-0.15, -0.1) is 0 Å². The van der Waals surface area contributed by atoms with Crippen LogP contribution >= 0.6 is 23.2 Å². The van der Waals surface area contributed by atoms with Crippen molar-refractivity contribution in [3.8, 4) is 11.1 Å². The number of hydrogen-bond acceptors (Lipinski definition) is 2. The molecule has 1 aliphatic rings. The first kappa shape index (κ1) is 24.3. The van der Waals surface area contributed by atoms with E-state index in [9.17, 15) is 9.59 Å². The van der Waals surface area contributed by atoms with E-state index in [0.29, 0.717) is 29.6 Å². The predicted octanol–water partition coefficient (Wildman–Crippen LogP) is 6.32. The quantitative estimate of drug-likeness (QED) is 0.403. The Morgan fingerprint density at radius 3 is 1.94 bits per heavy atom. The highest BCUT2D eigenvalue weighted by Crippen LogP contribution is 2.32. The van der Waals surface area contributed by atoms with Gasteiger partial charge >= 0.3 is 0 Å². The van der Waals surface area contributed by atoms with E-state index in [1.54, 1.807) is 18.2 Å². The first-order valence-electron chi connectivity index (χ1n) is 11.6. The molecule has 0 spiro atoms. The maximum absolute atomic E-state index is 12.9. The van der Waals surface area contributed by atoms with Crippen molar-refractivity contribution in [1.29, 1.82) is 0 Å². The van der Waals surface area contributed by atoms with Gasteiger partial charge in [0.1, 0.15) is 0 Å². The van der Waals surface area contributed by atoms with Crippen molar-refractivity contribution in [2.75, 3.05) is 0 Å². The van der Waals surface area contributed by atoms with Gasteiger partial charge in [-0.2, -0.15) is 0 Å². The molecule has 0 aliphatic heterocycles. The monoisotopic (exact) mass is 494 g/mol. The van der Waals surface area contributed by atoms with Crippen molar-refractivity contribution in [1.82, 2.24) is 10.6 Å². The van der Waals surface area contributed by atoms with E-state index in [1.807, 2.05) is 24.3 Å². The summed E-state index contributed by atoms with van der Waals surface area (Å²) < 4.78 is 0. The molecule has 4 nitrogen and oxygen atoms in total. The van der Waals surface area contributed by atoms with Gasteiger partial charge < -0.3 is 10.6 Å². The van der Waals surface area contributed by atoms with E-state index < -0.39 is 0 Å². The highest BCUT2D eigenvalue weighted by molar-refractivity contribution is 6.34. The lowest BCUT2D eigenvalue weighted by molar-refractivity contribution is -0.133. The van der Waals surface area contributed by atoms with E-state index in [2.05, 4.69) is 41.8 Å². The van der Waals surface area contributed by atoms with Crippen LogP contribution in [0.1, 0.15) is 36.0 Å². The molecule has 6 heteroatoms. The largest absolute Gasteiger partial charge is 0.352 e. The number of hydrogen-bond donors (Lipinski definition) is 2. The lowest BCUT2D eigenvalue weighted by Gasteiger charge is -2.19. The van der Waals surface area contributed by atoms with Crippen molar-refractivity contribution < 1.29 is 9.59 Å². The minimum Gasteiger partial charge on any atom is -0.352 e. The summed E-state index contributed by atoms with van der Waals surface area (Å²) in [4.78, 5) is 25.7. The molecule has 34 heavy (non-hydrogen) atoms. The van der Waals surface area contributed by atoms with Crippen LogP contribution in [0.4, 0.5) is 0 Å².